The molecule has 0 spiro atoms. The van der Waals surface area contributed by atoms with Crippen molar-refractivity contribution >= 4 is 24.4 Å². The minimum atomic E-state index is -2.83. The summed E-state index contributed by atoms with van der Waals surface area (Å²) < 4.78 is 48.0. The summed E-state index contributed by atoms with van der Waals surface area (Å²) in [6.45, 7) is 2.22. The summed E-state index contributed by atoms with van der Waals surface area (Å²) in [5.41, 5.74) is 0.560. The number of methoxy groups -OCH3 is 1. The lowest BCUT2D eigenvalue weighted by molar-refractivity contribution is 0.0560. The summed E-state index contributed by atoms with van der Waals surface area (Å²) in [4.78, 5) is 11.5. The van der Waals surface area contributed by atoms with Gasteiger partial charge in [-0.3, -0.25) is 0 Å². The van der Waals surface area contributed by atoms with Gasteiger partial charge in [0.25, 0.3) is 6.43 Å². The van der Waals surface area contributed by atoms with Crippen LogP contribution in [0.15, 0.2) is 39.9 Å². The number of hydrogen-bond donors (Lipinski definition) is 1. The van der Waals surface area contributed by atoms with E-state index >= 15 is 0 Å². The van der Waals surface area contributed by atoms with Crippen LogP contribution in [0.1, 0.15) is 41.1 Å². The standard InChI is InChI=1S/C19H18F2N4O5S/c1-3-28-15-8-11(9-22-25-17(16(20)21)23-24-19(25)31)4-6-13(15)29-10-12-5-7-14(30-12)18(26)27-2/h4-9,16H,3,10H2,1-2H3,(H,24,31). The number of halogens is 2. The summed E-state index contributed by atoms with van der Waals surface area (Å²) in [7, 11) is 1.26. The fourth-order valence-corrected chi connectivity index (χ4v) is 2.67. The van der Waals surface area contributed by atoms with E-state index in [1.807, 2.05) is 0 Å². The molecule has 0 aliphatic carbocycles. The van der Waals surface area contributed by atoms with Crippen LogP contribution in [0, 0.1) is 4.77 Å². The number of rotatable bonds is 9. The van der Waals surface area contributed by atoms with Crippen molar-refractivity contribution in [1.29, 1.82) is 0 Å². The Morgan fingerprint density at radius 3 is 2.84 bits per heavy atom. The van der Waals surface area contributed by atoms with E-state index in [-0.39, 0.29) is 17.1 Å². The van der Waals surface area contributed by atoms with Crippen LogP contribution in [-0.2, 0) is 11.3 Å². The predicted octanol–water partition coefficient (Wildman–Crippen LogP) is 4.12. The molecule has 164 valence electrons. The van der Waals surface area contributed by atoms with E-state index in [4.69, 9.17) is 26.1 Å². The first-order chi connectivity index (χ1) is 14.9. The smallest absolute Gasteiger partial charge is 0.373 e. The highest BCUT2D eigenvalue weighted by molar-refractivity contribution is 7.71. The van der Waals surface area contributed by atoms with Crippen LogP contribution in [-0.4, -0.2) is 40.8 Å². The number of furan rings is 1. The average molecular weight is 452 g/mol. The van der Waals surface area contributed by atoms with Crippen LogP contribution >= 0.6 is 12.2 Å². The van der Waals surface area contributed by atoms with Crippen molar-refractivity contribution in [3.63, 3.8) is 0 Å². The van der Waals surface area contributed by atoms with Gasteiger partial charge in [-0.1, -0.05) is 0 Å². The van der Waals surface area contributed by atoms with Crippen molar-refractivity contribution in [3.8, 4) is 11.5 Å². The molecule has 12 heteroatoms. The SMILES string of the molecule is CCOc1cc(C=Nn2c(C(F)F)n[nH]c2=S)ccc1OCc1ccc(C(=O)OC)o1. The number of benzene rings is 1. The van der Waals surface area contributed by atoms with Crippen LogP contribution in [0.3, 0.4) is 0 Å². The van der Waals surface area contributed by atoms with E-state index in [9.17, 15) is 13.6 Å². The molecule has 0 atom stereocenters. The number of H-pyrrole nitrogens is 1. The van der Waals surface area contributed by atoms with Gasteiger partial charge in [0.2, 0.25) is 16.4 Å². The number of aromatic amines is 1. The van der Waals surface area contributed by atoms with Gasteiger partial charge in [0.15, 0.2) is 11.5 Å². The lowest BCUT2D eigenvalue weighted by Gasteiger charge is -2.11. The van der Waals surface area contributed by atoms with Crippen molar-refractivity contribution in [2.45, 2.75) is 20.0 Å². The molecule has 2 heterocycles. The van der Waals surface area contributed by atoms with Crippen molar-refractivity contribution < 1.29 is 32.2 Å². The van der Waals surface area contributed by atoms with E-state index in [1.165, 1.54) is 19.4 Å². The predicted molar refractivity (Wildman–Crippen MR) is 107 cm³/mol. The monoisotopic (exact) mass is 452 g/mol. The largest absolute Gasteiger partial charge is 0.490 e. The van der Waals surface area contributed by atoms with Crippen molar-refractivity contribution in [2.75, 3.05) is 13.7 Å². The van der Waals surface area contributed by atoms with Crippen molar-refractivity contribution in [3.05, 3.63) is 58.0 Å². The third-order valence-electron chi connectivity index (χ3n) is 3.88. The molecule has 0 radical (unpaired) electrons. The quantitative estimate of drug-likeness (QED) is 0.296. The molecule has 0 saturated heterocycles. The molecule has 0 unspecified atom stereocenters. The lowest BCUT2D eigenvalue weighted by Crippen LogP contribution is -2.01. The van der Waals surface area contributed by atoms with E-state index in [1.54, 1.807) is 31.2 Å². The highest BCUT2D eigenvalue weighted by Crippen LogP contribution is 2.29. The molecule has 1 N–H and O–H groups in total. The molecular formula is C19H18F2N4O5S. The van der Waals surface area contributed by atoms with Crippen LogP contribution in [0.4, 0.5) is 8.78 Å². The molecule has 31 heavy (non-hydrogen) atoms. The molecule has 3 rings (SSSR count). The van der Waals surface area contributed by atoms with Gasteiger partial charge < -0.3 is 18.6 Å². The van der Waals surface area contributed by atoms with Crippen LogP contribution in [0.25, 0.3) is 0 Å². The second-order valence-corrected chi connectivity index (χ2v) is 6.32. The minimum Gasteiger partial charge on any atom is -0.490 e. The van der Waals surface area contributed by atoms with Crippen LogP contribution in [0.2, 0.25) is 0 Å². The zero-order valence-electron chi connectivity index (χ0n) is 16.5. The number of aromatic nitrogens is 3. The maximum Gasteiger partial charge on any atom is 0.373 e. The van der Waals surface area contributed by atoms with Crippen LogP contribution < -0.4 is 9.47 Å². The Morgan fingerprint density at radius 1 is 1.32 bits per heavy atom. The van der Waals surface area contributed by atoms with E-state index in [0.29, 0.717) is 29.4 Å². The molecular weight excluding hydrogens is 434 g/mol. The lowest BCUT2D eigenvalue weighted by atomic mass is 10.2. The molecule has 0 bridgehead atoms. The second-order valence-electron chi connectivity index (χ2n) is 5.93. The zero-order chi connectivity index (χ0) is 22.4. The fourth-order valence-electron chi connectivity index (χ4n) is 2.49. The number of esters is 1. The number of nitrogens with zero attached hydrogens (tertiary/aromatic N) is 3. The first-order valence-electron chi connectivity index (χ1n) is 8.99. The maximum atomic E-state index is 13.0. The molecule has 1 aromatic carbocycles. The summed E-state index contributed by atoms with van der Waals surface area (Å²) in [5, 5.41) is 9.71. The van der Waals surface area contributed by atoms with Crippen LogP contribution in [0.5, 0.6) is 11.5 Å². The number of ether oxygens (including phenoxy) is 3. The molecule has 2 aromatic heterocycles. The zero-order valence-corrected chi connectivity index (χ0v) is 17.3. The number of alkyl halides is 2. The topological polar surface area (TPSA) is 104 Å². The molecule has 0 aliphatic heterocycles. The molecule has 9 nitrogen and oxygen atoms in total. The Hall–Kier alpha value is -3.54. The second kappa shape index (κ2) is 9.98. The Morgan fingerprint density at radius 2 is 2.13 bits per heavy atom. The van der Waals surface area contributed by atoms with Gasteiger partial charge in [0.1, 0.15) is 12.4 Å². The average Bonchev–Trinajstić information content (AvgIpc) is 3.38. The Balaban J connectivity index is 1.77. The van der Waals surface area contributed by atoms with Gasteiger partial charge in [-0.15, -0.1) is 0 Å². The highest BCUT2D eigenvalue weighted by atomic mass is 32.1. The minimum absolute atomic E-state index is 0.0481. The summed E-state index contributed by atoms with van der Waals surface area (Å²) >= 11 is 4.92. The Labute approximate surface area is 180 Å². The normalized spacial score (nSPS) is 11.3. The number of hydrogen-bond acceptors (Lipinski definition) is 8. The van der Waals surface area contributed by atoms with Gasteiger partial charge in [-0.2, -0.15) is 14.9 Å². The van der Waals surface area contributed by atoms with Gasteiger partial charge in [-0.05, 0) is 55.0 Å². The molecule has 3 aromatic rings. The summed E-state index contributed by atoms with van der Waals surface area (Å²) in [6.07, 6.45) is -1.49. The maximum absolute atomic E-state index is 13.0. The van der Waals surface area contributed by atoms with Crippen molar-refractivity contribution in [1.82, 2.24) is 14.9 Å². The molecule has 0 amide bonds. The van der Waals surface area contributed by atoms with E-state index in [2.05, 4.69) is 20.0 Å². The van der Waals surface area contributed by atoms with E-state index < -0.39 is 18.2 Å². The van der Waals surface area contributed by atoms with E-state index in [0.717, 1.165) is 4.68 Å². The summed E-state index contributed by atoms with van der Waals surface area (Å²) in [5.74, 6) is 0.147. The third-order valence-corrected chi connectivity index (χ3v) is 4.14. The number of carbonyl (C=O) groups is 1. The first-order valence-corrected chi connectivity index (χ1v) is 9.40. The molecule has 0 fully saturated rings. The van der Waals surface area contributed by atoms with Gasteiger partial charge in [-0.25, -0.2) is 18.7 Å². The third kappa shape index (κ3) is 5.34. The first kappa shape index (κ1) is 22.2. The highest BCUT2D eigenvalue weighted by Gasteiger charge is 2.16. The summed E-state index contributed by atoms with van der Waals surface area (Å²) in [6, 6.07) is 8.02. The van der Waals surface area contributed by atoms with Crippen molar-refractivity contribution in [2.24, 2.45) is 5.10 Å². The Kier molecular flexibility index (Phi) is 7.13. The van der Waals surface area contributed by atoms with Gasteiger partial charge in [0.05, 0.1) is 19.9 Å². The number of carbonyl (C=O) groups excluding carboxylic acids is 1. The molecule has 0 saturated carbocycles. The number of nitrogens with one attached hydrogen (secondary N) is 1. The van der Waals surface area contributed by atoms with Gasteiger partial charge in [0, 0.05) is 0 Å². The fraction of sp³-hybridized carbons (Fsp3) is 0.263. The Bertz CT molecular complexity index is 1140. The molecule has 0 aliphatic rings. The van der Waals surface area contributed by atoms with Gasteiger partial charge >= 0.3 is 5.97 Å².